The monoisotopic (exact) mass is 993 g/mol. The van der Waals surface area contributed by atoms with Crippen molar-refractivity contribution in [1.82, 2.24) is 0 Å². The summed E-state index contributed by atoms with van der Waals surface area (Å²) in [6.07, 6.45) is 49.3. The van der Waals surface area contributed by atoms with Crippen molar-refractivity contribution < 1.29 is 58.3 Å². The van der Waals surface area contributed by atoms with E-state index in [4.69, 9.17) is 18.5 Å². The average Bonchev–Trinajstić information content (AvgIpc) is 3.34. The third kappa shape index (κ3) is 37.0. The van der Waals surface area contributed by atoms with Gasteiger partial charge in [0.25, 0.3) is 0 Å². The fourth-order valence-corrected chi connectivity index (χ4v) is 8.74. The molecule has 0 saturated heterocycles. The minimum Gasteiger partial charge on any atom is -0.457 e. The second-order valence-electron chi connectivity index (χ2n) is 18.3. The topological polar surface area (TPSA) is 192 Å². The number of esters is 1. The Morgan fingerprint density at radius 3 is 1.30 bits per heavy atom. The van der Waals surface area contributed by atoms with Crippen molar-refractivity contribution in [1.29, 1.82) is 0 Å². The van der Waals surface area contributed by atoms with Crippen LogP contribution in [0.1, 0.15) is 200 Å². The molecule has 6 unspecified atom stereocenters. The van der Waals surface area contributed by atoms with Crippen molar-refractivity contribution in [3.8, 4) is 0 Å². The summed E-state index contributed by atoms with van der Waals surface area (Å²) < 4.78 is 34.3. The Hall–Kier alpha value is -2.48. The molecule has 0 spiro atoms. The van der Waals surface area contributed by atoms with Gasteiger partial charge in [-0.05, 0) is 89.9 Å². The van der Waals surface area contributed by atoms with Gasteiger partial charge < -0.3 is 39.9 Å². The van der Waals surface area contributed by atoms with Crippen LogP contribution < -0.4 is 0 Å². The zero-order chi connectivity index (χ0) is 50.5. The highest BCUT2D eigenvalue weighted by Gasteiger charge is 2.51. The predicted octanol–water partition coefficient (Wildman–Crippen LogP) is 12.5. The SMILES string of the molecule is CC/C=C\C/C=C\C/C=C\C/C=C\C/C=C\CCCCCCCCCCOCC(COP(=O)(O)OC1C(O)C(O)C(O)C(O)C1O)OC(=O)CCCCCCCCC/C=C\C/C=C\CCCCCC. The van der Waals surface area contributed by atoms with E-state index in [2.05, 4.69) is 98.9 Å². The van der Waals surface area contributed by atoms with E-state index in [0.29, 0.717) is 13.0 Å². The van der Waals surface area contributed by atoms with E-state index in [1.165, 1.54) is 70.6 Å². The van der Waals surface area contributed by atoms with Gasteiger partial charge in [-0.25, -0.2) is 4.57 Å². The number of hydrogen-bond acceptors (Lipinski definition) is 11. The Labute approximate surface area is 418 Å². The van der Waals surface area contributed by atoms with E-state index in [1.54, 1.807) is 0 Å². The maximum absolute atomic E-state index is 12.9. The summed E-state index contributed by atoms with van der Waals surface area (Å²) in [4.78, 5) is 23.3. The van der Waals surface area contributed by atoms with Gasteiger partial charge in [0.1, 0.15) is 42.7 Å². The fourth-order valence-electron chi connectivity index (χ4n) is 7.77. The molecule has 0 heterocycles. The first-order valence-corrected chi connectivity index (χ1v) is 28.4. The van der Waals surface area contributed by atoms with Crippen molar-refractivity contribution in [2.24, 2.45) is 0 Å². The first-order valence-electron chi connectivity index (χ1n) is 26.9. The van der Waals surface area contributed by atoms with E-state index < -0.39 is 63.1 Å². The smallest absolute Gasteiger partial charge is 0.457 e. The minimum absolute atomic E-state index is 0.0903. The highest BCUT2D eigenvalue weighted by atomic mass is 31.2. The third-order valence-electron chi connectivity index (χ3n) is 12.0. The lowest BCUT2D eigenvalue weighted by atomic mass is 9.85. The second kappa shape index (κ2) is 45.4. The molecule has 1 fully saturated rings. The van der Waals surface area contributed by atoms with Crippen LogP contribution in [-0.2, 0) is 27.9 Å². The molecule has 0 aliphatic heterocycles. The van der Waals surface area contributed by atoms with Gasteiger partial charge in [0, 0.05) is 13.0 Å². The quantitative estimate of drug-likeness (QED) is 0.0147. The van der Waals surface area contributed by atoms with Gasteiger partial charge in [-0.1, -0.05) is 189 Å². The molecule has 6 atom stereocenters. The van der Waals surface area contributed by atoms with Gasteiger partial charge >= 0.3 is 13.8 Å². The van der Waals surface area contributed by atoms with Crippen LogP contribution in [0.5, 0.6) is 0 Å². The number of phosphoric ester groups is 1. The number of carbonyl (C=O) groups is 1. The van der Waals surface area contributed by atoms with Gasteiger partial charge in [-0.2, -0.15) is 0 Å². The predicted molar refractivity (Wildman–Crippen MR) is 281 cm³/mol. The number of aliphatic hydroxyl groups is 5. The molecule has 0 aromatic rings. The van der Waals surface area contributed by atoms with Crippen LogP contribution >= 0.6 is 7.82 Å². The number of unbranched alkanes of at least 4 members (excludes halogenated alkanes) is 19. The molecule has 1 aliphatic carbocycles. The van der Waals surface area contributed by atoms with E-state index in [9.17, 15) is 39.8 Å². The van der Waals surface area contributed by atoms with Gasteiger partial charge in [-0.15, -0.1) is 0 Å². The summed E-state index contributed by atoms with van der Waals surface area (Å²) in [7, 11) is -5.03. The van der Waals surface area contributed by atoms with Crippen molar-refractivity contribution in [2.45, 2.75) is 243 Å². The molecule has 398 valence electrons. The highest BCUT2D eigenvalue weighted by Crippen LogP contribution is 2.47. The molecule has 6 N–H and O–H groups in total. The summed E-state index contributed by atoms with van der Waals surface area (Å²) in [5, 5.41) is 50.4. The highest BCUT2D eigenvalue weighted by molar-refractivity contribution is 7.47. The first kappa shape index (κ1) is 64.5. The summed E-state index contributed by atoms with van der Waals surface area (Å²) in [6, 6.07) is 0. The Morgan fingerprint density at radius 1 is 0.478 bits per heavy atom. The minimum atomic E-state index is -5.03. The van der Waals surface area contributed by atoms with Gasteiger partial charge in [0.2, 0.25) is 0 Å². The molecule has 1 rings (SSSR count). The zero-order valence-electron chi connectivity index (χ0n) is 42.8. The summed E-state index contributed by atoms with van der Waals surface area (Å²) >= 11 is 0. The number of carbonyl (C=O) groups excluding carboxylic acids is 1. The van der Waals surface area contributed by atoms with Crippen LogP contribution in [0, 0.1) is 0 Å². The van der Waals surface area contributed by atoms with Crippen molar-refractivity contribution in [3.05, 3.63) is 85.1 Å². The number of rotatable bonds is 45. The molecular formula is C56H97O12P. The standard InChI is InChI=1S/C56H97O12P/c1-3-5-7-9-11-13-15-17-19-21-23-24-25-26-27-28-30-32-34-36-38-40-42-44-46-65-47-49(48-66-69(63,64)68-56-54(61)52(59)51(58)53(60)55(56)62)67-50(57)45-43-41-39-37-35-33-31-29-22-20-18-16-14-12-10-8-6-4-2/h5,7,11,13-14,16-17,19-20,22-24,26-27,49,51-56,58-62H,3-4,6,8-10,12,15,18,21,25,28-48H2,1-2H3,(H,63,64)/b7-5-,13-11-,16-14-,19-17-,22-20-,24-23-,27-26-. The first-order chi connectivity index (χ1) is 33.5. The average molecular weight is 993 g/mol. The largest absolute Gasteiger partial charge is 0.472 e. The Morgan fingerprint density at radius 2 is 0.855 bits per heavy atom. The van der Waals surface area contributed by atoms with E-state index in [-0.39, 0.29) is 13.0 Å². The number of phosphoric acid groups is 1. The molecule has 69 heavy (non-hydrogen) atoms. The van der Waals surface area contributed by atoms with Gasteiger partial charge in [0.05, 0.1) is 13.2 Å². The molecule has 0 bridgehead atoms. The van der Waals surface area contributed by atoms with Gasteiger partial charge in [-0.3, -0.25) is 13.8 Å². The van der Waals surface area contributed by atoms with E-state index in [0.717, 1.165) is 103 Å². The zero-order valence-corrected chi connectivity index (χ0v) is 43.7. The number of aliphatic hydroxyl groups excluding tert-OH is 5. The van der Waals surface area contributed by atoms with E-state index in [1.807, 2.05) is 0 Å². The van der Waals surface area contributed by atoms with Crippen LogP contribution in [-0.4, -0.2) is 98.9 Å². The molecule has 1 saturated carbocycles. The van der Waals surface area contributed by atoms with Crippen LogP contribution in [0.3, 0.4) is 0 Å². The maximum Gasteiger partial charge on any atom is 0.472 e. The van der Waals surface area contributed by atoms with Crippen LogP contribution in [0.15, 0.2) is 85.1 Å². The Bertz CT molecular complexity index is 1460. The lowest BCUT2D eigenvalue weighted by Gasteiger charge is -2.41. The maximum atomic E-state index is 12.9. The van der Waals surface area contributed by atoms with Crippen LogP contribution in [0.4, 0.5) is 0 Å². The Balaban J connectivity index is 2.34. The molecule has 1 aliphatic rings. The molecular weight excluding hydrogens is 896 g/mol. The van der Waals surface area contributed by atoms with Crippen LogP contribution in [0.25, 0.3) is 0 Å². The van der Waals surface area contributed by atoms with Crippen LogP contribution in [0.2, 0.25) is 0 Å². The van der Waals surface area contributed by atoms with E-state index >= 15 is 0 Å². The molecule has 12 nitrogen and oxygen atoms in total. The van der Waals surface area contributed by atoms with Crippen molar-refractivity contribution in [2.75, 3.05) is 19.8 Å². The normalized spacial score (nSPS) is 21.7. The summed E-state index contributed by atoms with van der Waals surface area (Å²) in [5.41, 5.74) is 0. The third-order valence-corrected chi connectivity index (χ3v) is 13.0. The number of allylic oxidation sites excluding steroid dienone is 14. The molecule has 0 aromatic heterocycles. The number of ether oxygens (including phenoxy) is 2. The fraction of sp³-hybridized carbons (Fsp3) is 0.732. The summed E-state index contributed by atoms with van der Waals surface area (Å²) in [5.74, 6) is -0.491. The summed E-state index contributed by atoms with van der Waals surface area (Å²) in [6.45, 7) is 4.11. The molecule has 0 amide bonds. The van der Waals surface area contributed by atoms with Crippen molar-refractivity contribution >= 4 is 13.8 Å². The Kier molecular flexibility index (Phi) is 42.5. The molecule has 13 heteroatoms. The second-order valence-corrected chi connectivity index (χ2v) is 19.7. The lowest BCUT2D eigenvalue weighted by molar-refractivity contribution is -0.220. The lowest BCUT2D eigenvalue weighted by Crippen LogP contribution is -2.64. The molecule has 0 aromatic carbocycles. The molecule has 0 radical (unpaired) electrons. The number of hydrogen-bond donors (Lipinski definition) is 6. The van der Waals surface area contributed by atoms with Crippen molar-refractivity contribution in [3.63, 3.8) is 0 Å². The van der Waals surface area contributed by atoms with Gasteiger partial charge in [0.15, 0.2) is 0 Å².